The second-order valence-corrected chi connectivity index (χ2v) is 11.4. The highest BCUT2D eigenvalue weighted by Gasteiger charge is 2.30. The molecule has 2 aromatic carbocycles. The van der Waals surface area contributed by atoms with E-state index >= 15 is 0 Å². The fourth-order valence-corrected chi connectivity index (χ4v) is 5.06. The van der Waals surface area contributed by atoms with Gasteiger partial charge in [-0.05, 0) is 42.5 Å². The van der Waals surface area contributed by atoms with Crippen molar-refractivity contribution in [1.29, 1.82) is 5.26 Å². The number of fused-ring (bicyclic) bond motifs is 1. The predicted molar refractivity (Wildman–Crippen MR) is 162 cm³/mol. The molecule has 11 heteroatoms. The zero-order chi connectivity index (χ0) is 29.9. The van der Waals surface area contributed by atoms with E-state index in [1.165, 1.54) is 6.33 Å². The van der Waals surface area contributed by atoms with Crippen LogP contribution in [0.3, 0.4) is 0 Å². The molecule has 11 nitrogen and oxygen atoms in total. The van der Waals surface area contributed by atoms with Gasteiger partial charge in [0.1, 0.15) is 29.5 Å². The van der Waals surface area contributed by atoms with Crippen LogP contribution in [0, 0.1) is 16.7 Å². The topological polar surface area (TPSA) is 155 Å². The van der Waals surface area contributed by atoms with Crippen molar-refractivity contribution >= 4 is 40.2 Å². The molecule has 1 saturated heterocycles. The monoisotopic (exact) mass is 563 g/mol. The molecular formula is C31H33N9O2. The van der Waals surface area contributed by atoms with Gasteiger partial charge in [0, 0.05) is 30.0 Å². The second kappa shape index (κ2) is 11.7. The predicted octanol–water partition coefficient (Wildman–Crippen LogP) is 5.38. The molecule has 5 rings (SSSR count). The lowest BCUT2D eigenvalue weighted by Gasteiger charge is -2.33. The lowest BCUT2D eigenvalue weighted by molar-refractivity contribution is -0.128. The third kappa shape index (κ3) is 6.23. The van der Waals surface area contributed by atoms with Crippen LogP contribution < -0.4 is 16.4 Å². The van der Waals surface area contributed by atoms with E-state index in [2.05, 4.69) is 26.7 Å². The second-order valence-electron chi connectivity index (χ2n) is 11.4. The minimum atomic E-state index is -0.352. The first-order valence-electron chi connectivity index (χ1n) is 13.8. The first-order valence-corrected chi connectivity index (χ1v) is 13.8. The van der Waals surface area contributed by atoms with Crippen LogP contribution in [-0.4, -0.2) is 49.7 Å². The van der Waals surface area contributed by atoms with E-state index in [9.17, 15) is 14.9 Å². The summed E-state index contributed by atoms with van der Waals surface area (Å²) >= 11 is 0. The number of likely N-dealkylation sites (tertiary alicyclic amines) is 1. The number of nitrogens with zero attached hydrogens (tertiary/aromatic N) is 6. The number of nitrogens with one attached hydrogen (secondary N) is 2. The summed E-state index contributed by atoms with van der Waals surface area (Å²) in [5.74, 6) is 0.0247. The Bertz CT molecular complexity index is 1680. The number of nitrogen functional groups attached to an aromatic ring is 1. The molecule has 0 radical (unpaired) electrons. The summed E-state index contributed by atoms with van der Waals surface area (Å²) in [6.45, 7) is 6.83. The van der Waals surface area contributed by atoms with Gasteiger partial charge in [0.05, 0.1) is 11.4 Å². The summed E-state index contributed by atoms with van der Waals surface area (Å²) in [5, 5.41) is 20.8. The maximum Gasteiger partial charge on any atom is 0.323 e. The number of allylic oxidation sites excluding steroid dienone is 1. The van der Waals surface area contributed by atoms with Gasteiger partial charge in [-0.25, -0.2) is 19.4 Å². The number of piperidine rings is 1. The van der Waals surface area contributed by atoms with Gasteiger partial charge in [-0.1, -0.05) is 57.2 Å². The maximum absolute atomic E-state index is 13.3. The summed E-state index contributed by atoms with van der Waals surface area (Å²) in [4.78, 5) is 36.1. The van der Waals surface area contributed by atoms with Crippen molar-refractivity contribution in [3.63, 3.8) is 0 Å². The van der Waals surface area contributed by atoms with Crippen molar-refractivity contribution in [1.82, 2.24) is 24.6 Å². The van der Waals surface area contributed by atoms with E-state index in [-0.39, 0.29) is 29.0 Å². The lowest BCUT2D eigenvalue weighted by atomic mass is 9.93. The quantitative estimate of drug-likeness (QED) is 0.217. The van der Waals surface area contributed by atoms with Crippen molar-refractivity contribution in [2.24, 2.45) is 5.41 Å². The molecule has 3 amide bonds. The van der Waals surface area contributed by atoms with Crippen LogP contribution in [0.2, 0.25) is 0 Å². The normalized spacial score (nSPS) is 15.7. The molecule has 3 heterocycles. The first-order chi connectivity index (χ1) is 20.1. The van der Waals surface area contributed by atoms with Gasteiger partial charge in [0.2, 0.25) is 0 Å². The fourth-order valence-electron chi connectivity index (χ4n) is 5.06. The maximum atomic E-state index is 13.3. The zero-order valence-corrected chi connectivity index (χ0v) is 23.8. The van der Waals surface area contributed by atoms with Gasteiger partial charge >= 0.3 is 6.03 Å². The van der Waals surface area contributed by atoms with Crippen molar-refractivity contribution in [3.8, 4) is 17.3 Å². The number of nitrogens with two attached hydrogens (primary N) is 1. The van der Waals surface area contributed by atoms with Gasteiger partial charge in [0.15, 0.2) is 5.65 Å². The largest absolute Gasteiger partial charge is 0.383 e. The average Bonchev–Trinajstić information content (AvgIpc) is 3.37. The molecule has 214 valence electrons. The van der Waals surface area contributed by atoms with E-state index in [1.807, 2.05) is 67.9 Å². The molecule has 0 saturated carbocycles. The molecule has 4 N–H and O–H groups in total. The standard InChI is InChI=1S/C31H33N9O2/c1-31(2,3)16-21(17-32)29(41)39-15-7-10-24(18-39)40-28-25(27(33)34-19-35-28)26(38-40)20-11-13-23(14-12-20)37-30(42)36-22-8-5-4-6-9-22/h4-6,8-9,11-14,16,19,24H,7,10,15,18H2,1-3H3,(H2,33,34,35)(H2,36,37,42)/b21-16+/t24-/m1/s1. The molecule has 42 heavy (non-hydrogen) atoms. The summed E-state index contributed by atoms with van der Waals surface area (Å²) in [6.07, 6.45) is 4.67. The van der Waals surface area contributed by atoms with Crippen molar-refractivity contribution < 1.29 is 9.59 Å². The Morgan fingerprint density at radius 3 is 2.40 bits per heavy atom. The molecule has 2 aromatic heterocycles. The van der Waals surface area contributed by atoms with Crippen LogP contribution in [0.5, 0.6) is 0 Å². The minimum absolute atomic E-state index is 0.145. The molecule has 0 aliphatic carbocycles. The molecule has 1 aliphatic heterocycles. The highest BCUT2D eigenvalue weighted by atomic mass is 16.2. The number of hydrogen-bond acceptors (Lipinski definition) is 7. The van der Waals surface area contributed by atoms with Gasteiger partial charge in [0.25, 0.3) is 5.91 Å². The lowest BCUT2D eigenvalue weighted by Crippen LogP contribution is -2.41. The molecular weight excluding hydrogens is 530 g/mol. The number of hydrogen-bond donors (Lipinski definition) is 3. The molecule has 0 bridgehead atoms. The van der Waals surface area contributed by atoms with E-state index in [0.717, 1.165) is 18.4 Å². The number of anilines is 3. The Morgan fingerprint density at radius 2 is 1.74 bits per heavy atom. The van der Waals surface area contributed by atoms with Gasteiger partial charge < -0.3 is 21.3 Å². The Labute approximate surface area is 244 Å². The Hall–Kier alpha value is -5.24. The Morgan fingerprint density at radius 1 is 1.05 bits per heavy atom. The zero-order valence-electron chi connectivity index (χ0n) is 23.8. The first kappa shape index (κ1) is 28.3. The van der Waals surface area contributed by atoms with Crippen LogP contribution in [0.1, 0.15) is 39.7 Å². The molecule has 0 spiro atoms. The van der Waals surface area contributed by atoms with Crippen LogP contribution in [0.15, 0.2) is 72.6 Å². The van der Waals surface area contributed by atoms with E-state index < -0.39 is 0 Å². The van der Waals surface area contributed by atoms with E-state index in [1.54, 1.807) is 23.1 Å². The number of urea groups is 1. The number of benzene rings is 2. The number of amides is 3. The molecule has 4 aromatic rings. The molecule has 1 atom stereocenters. The number of carbonyl (C=O) groups excluding carboxylic acids is 2. The van der Waals surface area contributed by atoms with Crippen molar-refractivity contribution in [2.45, 2.75) is 39.7 Å². The van der Waals surface area contributed by atoms with Crippen LogP contribution in [-0.2, 0) is 4.79 Å². The van der Waals surface area contributed by atoms with Gasteiger partial charge in [-0.3, -0.25) is 4.79 Å². The third-order valence-electron chi connectivity index (χ3n) is 6.92. The van der Waals surface area contributed by atoms with E-state index in [0.29, 0.717) is 47.0 Å². The summed E-state index contributed by atoms with van der Waals surface area (Å²) in [6, 6.07) is 18.0. The SMILES string of the molecule is CC(C)(C)/C=C(\C#N)C(=O)N1CCC[C@@H](n2nc(-c3ccc(NC(=O)Nc4ccccc4)cc3)c3c(N)ncnc32)C1. The van der Waals surface area contributed by atoms with Crippen LogP contribution in [0.25, 0.3) is 22.3 Å². The minimum Gasteiger partial charge on any atom is -0.383 e. The smallest absolute Gasteiger partial charge is 0.323 e. The van der Waals surface area contributed by atoms with Crippen LogP contribution >= 0.6 is 0 Å². The van der Waals surface area contributed by atoms with Crippen molar-refractivity contribution in [2.75, 3.05) is 29.5 Å². The summed E-state index contributed by atoms with van der Waals surface area (Å²) in [7, 11) is 0. The van der Waals surface area contributed by atoms with Gasteiger partial charge in [-0.2, -0.15) is 10.4 Å². The number of carbonyl (C=O) groups is 2. The third-order valence-corrected chi connectivity index (χ3v) is 6.92. The highest BCUT2D eigenvalue weighted by Crippen LogP contribution is 2.34. The fraction of sp³-hybridized carbons (Fsp3) is 0.290. The van der Waals surface area contributed by atoms with Crippen LogP contribution in [0.4, 0.5) is 22.0 Å². The van der Waals surface area contributed by atoms with Gasteiger partial charge in [-0.15, -0.1) is 0 Å². The summed E-state index contributed by atoms with van der Waals surface area (Å²) < 4.78 is 1.82. The Balaban J connectivity index is 1.40. The number of aromatic nitrogens is 4. The Kier molecular flexibility index (Phi) is 7.88. The molecule has 0 unspecified atom stereocenters. The van der Waals surface area contributed by atoms with Crippen molar-refractivity contribution in [3.05, 3.63) is 72.6 Å². The number of rotatable bonds is 5. The molecule has 1 fully saturated rings. The summed E-state index contributed by atoms with van der Waals surface area (Å²) in [5.41, 5.74) is 9.43. The molecule has 1 aliphatic rings. The average molecular weight is 564 g/mol. The number of nitriles is 1. The number of para-hydroxylation sites is 1. The van der Waals surface area contributed by atoms with E-state index in [4.69, 9.17) is 10.8 Å². The highest BCUT2D eigenvalue weighted by molar-refractivity contribution is 6.01.